The van der Waals surface area contributed by atoms with E-state index in [-0.39, 0.29) is 11.1 Å². The fourth-order valence-electron chi connectivity index (χ4n) is 1.96. The molecule has 0 amide bonds. The average molecular weight is 290 g/mol. The molecule has 21 heavy (non-hydrogen) atoms. The molecule has 2 aromatic rings. The van der Waals surface area contributed by atoms with Crippen LogP contribution in [0.3, 0.4) is 0 Å². The van der Waals surface area contributed by atoms with Crippen LogP contribution in [-0.2, 0) is 0 Å². The molecule has 0 saturated carbocycles. The normalized spacial score (nSPS) is 12.3. The van der Waals surface area contributed by atoms with E-state index >= 15 is 0 Å². The molecule has 0 fully saturated rings. The van der Waals surface area contributed by atoms with Gasteiger partial charge >= 0.3 is 6.18 Å². The van der Waals surface area contributed by atoms with Crippen molar-refractivity contribution < 1.29 is 18.0 Å². The van der Waals surface area contributed by atoms with Crippen LogP contribution in [0.1, 0.15) is 21.5 Å². The molecule has 0 bridgehead atoms. The summed E-state index contributed by atoms with van der Waals surface area (Å²) in [4.78, 5) is 12.1. The molecule has 0 aromatic heterocycles. The van der Waals surface area contributed by atoms with E-state index in [0.717, 1.165) is 5.56 Å². The number of hydrogen-bond donors (Lipinski definition) is 0. The lowest BCUT2D eigenvalue weighted by Crippen LogP contribution is -2.12. The van der Waals surface area contributed by atoms with Crippen LogP contribution in [0, 0.1) is 6.92 Å². The number of carbonyl (C=O) groups excluding carboxylic acids is 1. The summed E-state index contributed by atoms with van der Waals surface area (Å²) >= 11 is 0. The van der Waals surface area contributed by atoms with E-state index in [1.165, 1.54) is 30.3 Å². The van der Waals surface area contributed by atoms with Crippen LogP contribution < -0.4 is 0 Å². The number of carbonyl (C=O) groups is 1. The van der Waals surface area contributed by atoms with Gasteiger partial charge in [0.15, 0.2) is 5.78 Å². The Morgan fingerprint density at radius 2 is 1.57 bits per heavy atom. The Kier molecular flexibility index (Phi) is 4.26. The Morgan fingerprint density at radius 3 is 2.14 bits per heavy atom. The summed E-state index contributed by atoms with van der Waals surface area (Å²) in [5.41, 5.74) is 0.107. The maximum absolute atomic E-state index is 13.1. The monoisotopic (exact) mass is 290 g/mol. The van der Waals surface area contributed by atoms with Gasteiger partial charge < -0.3 is 0 Å². The van der Waals surface area contributed by atoms with Gasteiger partial charge in [-0.05, 0) is 24.6 Å². The lowest BCUT2D eigenvalue weighted by atomic mass is 10.0. The Morgan fingerprint density at radius 1 is 0.952 bits per heavy atom. The van der Waals surface area contributed by atoms with Gasteiger partial charge in [0.2, 0.25) is 0 Å². The molecule has 1 nitrogen and oxygen atoms in total. The second-order valence-electron chi connectivity index (χ2n) is 4.66. The molecule has 4 heteroatoms. The molecule has 0 saturated heterocycles. The number of hydrogen-bond acceptors (Lipinski definition) is 1. The molecule has 0 aliphatic carbocycles. The first-order valence-electron chi connectivity index (χ1n) is 6.33. The van der Waals surface area contributed by atoms with E-state index in [4.69, 9.17) is 0 Å². The van der Waals surface area contributed by atoms with Gasteiger partial charge in [-0.3, -0.25) is 4.79 Å². The summed E-state index contributed by atoms with van der Waals surface area (Å²) in [5.74, 6) is -0.658. The maximum Gasteiger partial charge on any atom is 0.417 e. The Bertz CT molecular complexity index is 670. The molecule has 0 spiro atoms. The summed E-state index contributed by atoms with van der Waals surface area (Å²) in [5, 5.41) is 0. The van der Waals surface area contributed by atoms with Crippen molar-refractivity contribution in [3.8, 4) is 0 Å². The molecule has 0 radical (unpaired) electrons. The molecule has 108 valence electrons. The van der Waals surface area contributed by atoms with Crippen LogP contribution in [0.5, 0.6) is 0 Å². The van der Waals surface area contributed by atoms with Gasteiger partial charge in [-0.15, -0.1) is 0 Å². The third-order valence-electron chi connectivity index (χ3n) is 2.97. The SMILES string of the molecule is Cc1cccc(C(=O)/C=C(\c2ccccc2)C(F)(F)F)c1. The molecular formula is C17H13F3O. The summed E-state index contributed by atoms with van der Waals surface area (Å²) in [6, 6.07) is 13.8. The minimum atomic E-state index is -4.58. The highest BCUT2D eigenvalue weighted by Crippen LogP contribution is 2.34. The molecule has 0 aliphatic heterocycles. The maximum atomic E-state index is 13.1. The predicted molar refractivity (Wildman–Crippen MR) is 76.0 cm³/mol. The lowest BCUT2D eigenvalue weighted by molar-refractivity contribution is -0.0689. The zero-order chi connectivity index (χ0) is 15.5. The third-order valence-corrected chi connectivity index (χ3v) is 2.97. The van der Waals surface area contributed by atoms with E-state index in [9.17, 15) is 18.0 Å². The van der Waals surface area contributed by atoms with Crippen molar-refractivity contribution in [1.29, 1.82) is 0 Å². The van der Waals surface area contributed by atoms with Crippen LogP contribution in [0.4, 0.5) is 13.2 Å². The number of halogens is 3. The first-order valence-corrected chi connectivity index (χ1v) is 6.33. The van der Waals surface area contributed by atoms with Crippen LogP contribution >= 0.6 is 0 Å². The van der Waals surface area contributed by atoms with E-state index in [1.807, 2.05) is 0 Å². The summed E-state index contributed by atoms with van der Waals surface area (Å²) in [6.45, 7) is 1.78. The number of benzene rings is 2. The Balaban J connectivity index is 2.45. The number of rotatable bonds is 3. The largest absolute Gasteiger partial charge is 0.417 e. The van der Waals surface area contributed by atoms with E-state index in [0.29, 0.717) is 6.08 Å². The van der Waals surface area contributed by atoms with Crippen molar-refractivity contribution in [2.45, 2.75) is 13.1 Å². The van der Waals surface area contributed by atoms with Gasteiger partial charge in [0.05, 0.1) is 5.57 Å². The smallest absolute Gasteiger partial charge is 0.289 e. The first kappa shape index (κ1) is 15.0. The second-order valence-corrected chi connectivity index (χ2v) is 4.66. The van der Waals surface area contributed by atoms with Crippen LogP contribution in [0.2, 0.25) is 0 Å². The highest BCUT2D eigenvalue weighted by molar-refractivity contribution is 6.09. The minimum Gasteiger partial charge on any atom is -0.289 e. The second kappa shape index (κ2) is 5.95. The van der Waals surface area contributed by atoms with Gasteiger partial charge in [-0.2, -0.15) is 13.2 Å². The Labute approximate surface area is 120 Å². The summed E-state index contributed by atoms with van der Waals surface area (Å²) < 4.78 is 39.4. The number of aryl methyl sites for hydroxylation is 1. The van der Waals surface area contributed by atoms with Crippen molar-refractivity contribution >= 4 is 11.4 Å². The molecule has 0 heterocycles. The molecule has 2 rings (SSSR count). The van der Waals surface area contributed by atoms with Gasteiger partial charge in [-0.25, -0.2) is 0 Å². The Hall–Kier alpha value is -2.36. The molecule has 0 aliphatic rings. The predicted octanol–water partition coefficient (Wildman–Crippen LogP) is 4.82. The van der Waals surface area contributed by atoms with Crippen molar-refractivity contribution in [3.63, 3.8) is 0 Å². The van der Waals surface area contributed by atoms with Gasteiger partial charge in [0.25, 0.3) is 0 Å². The fourth-order valence-corrected chi connectivity index (χ4v) is 1.96. The van der Waals surface area contributed by atoms with E-state index in [2.05, 4.69) is 0 Å². The topological polar surface area (TPSA) is 17.1 Å². The van der Waals surface area contributed by atoms with E-state index < -0.39 is 17.5 Å². The van der Waals surface area contributed by atoms with E-state index in [1.54, 1.807) is 31.2 Å². The van der Waals surface area contributed by atoms with Crippen LogP contribution in [-0.4, -0.2) is 12.0 Å². The van der Waals surface area contributed by atoms with Gasteiger partial charge in [0.1, 0.15) is 0 Å². The number of alkyl halides is 3. The fraction of sp³-hybridized carbons (Fsp3) is 0.118. The van der Waals surface area contributed by atoms with Crippen LogP contribution in [0.15, 0.2) is 60.7 Å². The molecule has 0 unspecified atom stereocenters. The van der Waals surface area contributed by atoms with Crippen molar-refractivity contribution in [2.75, 3.05) is 0 Å². The molecule has 0 atom stereocenters. The van der Waals surface area contributed by atoms with Crippen LogP contribution in [0.25, 0.3) is 5.57 Å². The summed E-state index contributed by atoms with van der Waals surface area (Å²) in [7, 11) is 0. The third kappa shape index (κ3) is 3.81. The highest BCUT2D eigenvalue weighted by Gasteiger charge is 2.35. The van der Waals surface area contributed by atoms with Crippen molar-refractivity contribution in [1.82, 2.24) is 0 Å². The molecule has 0 N–H and O–H groups in total. The average Bonchev–Trinajstić information content (AvgIpc) is 2.44. The zero-order valence-electron chi connectivity index (χ0n) is 11.3. The van der Waals surface area contributed by atoms with Crippen molar-refractivity contribution in [2.24, 2.45) is 0 Å². The number of ketones is 1. The zero-order valence-corrected chi connectivity index (χ0v) is 11.3. The number of allylic oxidation sites excluding steroid dienone is 2. The standard InChI is InChI=1S/C17H13F3O/c1-12-6-5-9-14(10-12)16(21)11-15(17(18,19)20)13-7-3-2-4-8-13/h2-11H,1H3/b15-11+. The quantitative estimate of drug-likeness (QED) is 0.585. The van der Waals surface area contributed by atoms with Gasteiger partial charge in [0, 0.05) is 5.56 Å². The highest BCUT2D eigenvalue weighted by atomic mass is 19.4. The molecular weight excluding hydrogens is 277 g/mol. The first-order chi connectivity index (χ1) is 9.88. The molecule has 2 aromatic carbocycles. The van der Waals surface area contributed by atoms with Gasteiger partial charge in [-0.1, -0.05) is 54.1 Å². The minimum absolute atomic E-state index is 0.0222. The summed E-state index contributed by atoms with van der Waals surface area (Å²) in [6.07, 6.45) is -3.93. The van der Waals surface area contributed by atoms with Crippen molar-refractivity contribution in [3.05, 3.63) is 77.4 Å². The lowest BCUT2D eigenvalue weighted by Gasteiger charge is -2.11.